The number of nitrogens with zero attached hydrogens (tertiary/aromatic N) is 1. The molecule has 0 fully saturated rings. The average molecular weight is 435 g/mol. The normalized spacial score (nSPS) is 13.8. The zero-order valence-electron chi connectivity index (χ0n) is 18.5. The van der Waals surface area contributed by atoms with E-state index >= 15 is 0 Å². The number of rotatable bonds is 5. The number of benzene rings is 2. The van der Waals surface area contributed by atoms with Crippen molar-refractivity contribution in [2.45, 2.75) is 57.8 Å². The molecule has 0 unspecified atom stereocenters. The second kappa shape index (κ2) is 8.91. The second-order valence-electron chi connectivity index (χ2n) is 9.48. The fourth-order valence-corrected chi connectivity index (χ4v) is 5.06. The van der Waals surface area contributed by atoms with Gasteiger partial charge in [-0.05, 0) is 67.0 Å². The Hall–Kier alpha value is -2.53. The van der Waals surface area contributed by atoms with E-state index in [-0.39, 0.29) is 17.2 Å². The highest BCUT2D eigenvalue weighted by Gasteiger charge is 2.23. The molecule has 1 aliphatic carbocycles. The smallest absolute Gasteiger partial charge is 0.241 e. The van der Waals surface area contributed by atoms with Crippen LogP contribution in [0, 0.1) is 5.41 Å². The molecule has 1 heterocycles. The van der Waals surface area contributed by atoms with Gasteiger partial charge in [-0.3, -0.25) is 14.2 Å². The highest BCUT2D eigenvalue weighted by molar-refractivity contribution is 8.00. The maximum absolute atomic E-state index is 13.2. The first-order valence-corrected chi connectivity index (χ1v) is 12.0. The lowest BCUT2D eigenvalue weighted by Crippen LogP contribution is -2.19. The van der Waals surface area contributed by atoms with E-state index in [0.717, 1.165) is 35.4 Å². The molecule has 4 nitrogen and oxygen atoms in total. The number of para-hydroxylation sites is 1. The van der Waals surface area contributed by atoms with Gasteiger partial charge in [0, 0.05) is 28.1 Å². The summed E-state index contributed by atoms with van der Waals surface area (Å²) in [6.07, 6.45) is 4.86. The second-order valence-corrected chi connectivity index (χ2v) is 10.5. The van der Waals surface area contributed by atoms with Crippen LogP contribution in [0.4, 0.5) is 5.69 Å². The van der Waals surface area contributed by atoms with Gasteiger partial charge in [-0.1, -0.05) is 39.0 Å². The van der Waals surface area contributed by atoms with Gasteiger partial charge in [-0.2, -0.15) is 0 Å². The van der Waals surface area contributed by atoms with Crippen LogP contribution in [0.15, 0.2) is 53.4 Å². The molecule has 0 bridgehead atoms. The van der Waals surface area contributed by atoms with Gasteiger partial charge in [-0.15, -0.1) is 11.8 Å². The van der Waals surface area contributed by atoms with Crippen LogP contribution >= 0.6 is 11.8 Å². The van der Waals surface area contributed by atoms with E-state index in [1.54, 1.807) is 11.8 Å². The minimum atomic E-state index is -0.0396. The van der Waals surface area contributed by atoms with Gasteiger partial charge >= 0.3 is 0 Å². The Kier molecular flexibility index (Phi) is 6.24. The summed E-state index contributed by atoms with van der Waals surface area (Å²) in [7, 11) is 0. The minimum absolute atomic E-state index is 0.0207. The molecule has 2 aromatic carbocycles. The van der Waals surface area contributed by atoms with E-state index in [0.29, 0.717) is 12.2 Å². The van der Waals surface area contributed by atoms with Gasteiger partial charge in [0.05, 0.1) is 11.3 Å². The number of carbonyl (C=O) groups is 2. The predicted molar refractivity (Wildman–Crippen MR) is 129 cm³/mol. The van der Waals surface area contributed by atoms with Crippen molar-refractivity contribution in [3.05, 3.63) is 59.8 Å². The summed E-state index contributed by atoms with van der Waals surface area (Å²) >= 11 is 1.54. The quantitative estimate of drug-likeness (QED) is 0.478. The third-order valence-electron chi connectivity index (χ3n) is 5.62. The first-order valence-electron chi connectivity index (χ1n) is 11.0. The number of nitrogens with one attached hydrogen (secondary N) is 1. The molecule has 0 atom stereocenters. The van der Waals surface area contributed by atoms with E-state index in [2.05, 4.69) is 44.3 Å². The summed E-state index contributed by atoms with van der Waals surface area (Å²) < 4.78 is 1.96. The largest absolute Gasteiger partial charge is 0.326 e. The van der Waals surface area contributed by atoms with E-state index in [1.807, 2.05) is 34.9 Å². The number of hydrogen-bond donors (Lipinski definition) is 1. The number of amides is 1. The zero-order valence-corrected chi connectivity index (χ0v) is 19.3. The van der Waals surface area contributed by atoms with Crippen molar-refractivity contribution in [1.29, 1.82) is 0 Å². The van der Waals surface area contributed by atoms with Crippen LogP contribution in [-0.4, -0.2) is 22.1 Å². The molecule has 0 saturated heterocycles. The maximum atomic E-state index is 13.2. The molecule has 1 aromatic heterocycles. The average Bonchev–Trinajstić information content (AvgIpc) is 3.06. The Bertz CT molecular complexity index is 1110. The van der Waals surface area contributed by atoms with Gasteiger partial charge in [0.1, 0.15) is 0 Å². The van der Waals surface area contributed by atoms with Crippen molar-refractivity contribution in [3.8, 4) is 0 Å². The Morgan fingerprint density at radius 1 is 1.00 bits per heavy atom. The van der Waals surface area contributed by atoms with Crippen LogP contribution in [0.5, 0.6) is 0 Å². The van der Waals surface area contributed by atoms with Crippen molar-refractivity contribution in [3.63, 3.8) is 0 Å². The molecular formula is C26H30N2O2S. The maximum Gasteiger partial charge on any atom is 0.241 e. The lowest BCUT2D eigenvalue weighted by Gasteiger charge is -2.17. The number of hydrogen-bond acceptors (Lipinski definition) is 3. The van der Waals surface area contributed by atoms with Gasteiger partial charge in [-0.25, -0.2) is 0 Å². The summed E-state index contributed by atoms with van der Waals surface area (Å²) in [6.45, 7) is 6.15. The number of carbonyl (C=O) groups excluding carboxylic acids is 2. The Labute approximate surface area is 188 Å². The van der Waals surface area contributed by atoms with Gasteiger partial charge in [0.25, 0.3) is 0 Å². The molecule has 31 heavy (non-hydrogen) atoms. The standard InChI is InChI=1S/C26H30N2O2S/c1-26(2,3)16-24(29)27-18-12-14-19(15-13-18)31-17-25(30)28-22-10-6-4-8-20(22)21-9-5-7-11-23(21)28/h4,6,8,10,12-15H,5,7,9,11,16-17H2,1-3H3,(H,27,29). The lowest BCUT2D eigenvalue weighted by molar-refractivity contribution is -0.117. The van der Waals surface area contributed by atoms with E-state index in [1.165, 1.54) is 23.1 Å². The number of aryl methyl sites for hydroxylation is 1. The van der Waals surface area contributed by atoms with Crippen molar-refractivity contribution in [2.75, 3.05) is 11.1 Å². The van der Waals surface area contributed by atoms with Crippen molar-refractivity contribution >= 4 is 40.2 Å². The van der Waals surface area contributed by atoms with Crippen LogP contribution in [0.3, 0.4) is 0 Å². The van der Waals surface area contributed by atoms with E-state index < -0.39 is 0 Å². The summed E-state index contributed by atoms with van der Waals surface area (Å²) in [5.41, 5.74) is 4.35. The molecule has 0 radical (unpaired) electrons. The number of thioether (sulfide) groups is 1. The zero-order chi connectivity index (χ0) is 22.0. The highest BCUT2D eigenvalue weighted by Crippen LogP contribution is 2.33. The molecule has 0 aliphatic heterocycles. The van der Waals surface area contributed by atoms with Crippen LogP contribution in [-0.2, 0) is 17.6 Å². The molecule has 5 heteroatoms. The van der Waals surface area contributed by atoms with Crippen LogP contribution in [0.2, 0.25) is 0 Å². The lowest BCUT2D eigenvalue weighted by atomic mass is 9.92. The van der Waals surface area contributed by atoms with Gasteiger partial charge in [0.15, 0.2) is 0 Å². The first-order chi connectivity index (χ1) is 14.8. The molecule has 1 aliphatic rings. The van der Waals surface area contributed by atoms with Crippen LogP contribution in [0.25, 0.3) is 10.9 Å². The summed E-state index contributed by atoms with van der Waals surface area (Å²) in [5.74, 6) is 0.542. The molecular weight excluding hydrogens is 404 g/mol. The molecule has 1 amide bonds. The predicted octanol–water partition coefficient (Wildman–Crippen LogP) is 6.33. The third-order valence-corrected chi connectivity index (χ3v) is 6.62. The van der Waals surface area contributed by atoms with Crippen LogP contribution in [0.1, 0.15) is 56.1 Å². The van der Waals surface area contributed by atoms with Crippen molar-refractivity contribution in [1.82, 2.24) is 4.57 Å². The molecule has 0 saturated carbocycles. The highest BCUT2D eigenvalue weighted by atomic mass is 32.2. The Morgan fingerprint density at radius 2 is 1.71 bits per heavy atom. The van der Waals surface area contributed by atoms with Crippen molar-refractivity contribution < 1.29 is 9.59 Å². The summed E-state index contributed by atoms with van der Waals surface area (Å²) in [6, 6.07) is 16.0. The molecule has 4 rings (SSSR count). The van der Waals surface area contributed by atoms with E-state index in [4.69, 9.17) is 0 Å². The minimum Gasteiger partial charge on any atom is -0.326 e. The Morgan fingerprint density at radius 3 is 2.45 bits per heavy atom. The molecule has 162 valence electrons. The fraction of sp³-hybridized carbons (Fsp3) is 0.385. The van der Waals surface area contributed by atoms with Gasteiger partial charge < -0.3 is 5.32 Å². The number of aromatic nitrogens is 1. The summed E-state index contributed by atoms with van der Waals surface area (Å²) in [5, 5.41) is 4.18. The van der Waals surface area contributed by atoms with Gasteiger partial charge in [0.2, 0.25) is 11.8 Å². The third kappa shape index (κ3) is 5.04. The van der Waals surface area contributed by atoms with Crippen LogP contribution < -0.4 is 5.32 Å². The topological polar surface area (TPSA) is 51.1 Å². The monoisotopic (exact) mass is 434 g/mol. The number of anilines is 1. The first kappa shape index (κ1) is 21.7. The molecule has 1 N–H and O–H groups in total. The van der Waals surface area contributed by atoms with E-state index in [9.17, 15) is 9.59 Å². The molecule has 3 aromatic rings. The summed E-state index contributed by atoms with van der Waals surface area (Å²) in [4.78, 5) is 26.3. The fourth-order valence-electron chi connectivity index (χ4n) is 4.31. The Balaban J connectivity index is 1.43. The molecule has 0 spiro atoms. The number of fused-ring (bicyclic) bond motifs is 3. The van der Waals surface area contributed by atoms with Crippen molar-refractivity contribution in [2.24, 2.45) is 5.41 Å². The SMILES string of the molecule is CC(C)(C)CC(=O)Nc1ccc(SCC(=O)n2c3c(c4ccccc42)CCCC3)cc1.